The zero-order chi connectivity index (χ0) is 13.1. The molecule has 1 rings (SSSR count). The van der Waals surface area contributed by atoms with Crippen molar-refractivity contribution in [2.24, 2.45) is 0 Å². The number of ether oxygens (including phenoxy) is 1. The summed E-state index contributed by atoms with van der Waals surface area (Å²) in [6.45, 7) is -1.77. The molecular weight excluding hydrogens is 241 g/mol. The Balaban J connectivity index is 2.86. The predicted octanol–water partition coefficient (Wildman–Crippen LogP) is 0.769. The van der Waals surface area contributed by atoms with Crippen molar-refractivity contribution in [1.29, 1.82) is 0 Å². The fourth-order valence-electron chi connectivity index (χ4n) is 1.06. The SMILES string of the molecule is O=C([O-])c1ccccc1C(=O)OCC(F)(F)F. The van der Waals surface area contributed by atoms with Gasteiger partial charge >= 0.3 is 12.1 Å². The van der Waals surface area contributed by atoms with Crippen LogP contribution >= 0.6 is 0 Å². The number of benzene rings is 1. The van der Waals surface area contributed by atoms with Crippen LogP contribution in [0.4, 0.5) is 13.2 Å². The first-order chi connectivity index (χ1) is 7.81. The molecule has 0 spiro atoms. The Morgan fingerprint density at radius 1 is 1.18 bits per heavy atom. The number of carbonyl (C=O) groups excluding carboxylic acids is 2. The van der Waals surface area contributed by atoms with Crippen LogP contribution in [-0.2, 0) is 4.74 Å². The number of carboxylic acids is 1. The molecule has 17 heavy (non-hydrogen) atoms. The highest BCUT2D eigenvalue weighted by atomic mass is 19.4. The molecule has 0 saturated heterocycles. The van der Waals surface area contributed by atoms with Crippen LogP contribution in [0.2, 0.25) is 0 Å². The van der Waals surface area contributed by atoms with Crippen molar-refractivity contribution in [2.45, 2.75) is 6.18 Å². The van der Waals surface area contributed by atoms with Crippen LogP contribution in [0.25, 0.3) is 0 Å². The standard InChI is InChI=1S/C10H7F3O4/c11-10(12,13)5-17-9(16)7-4-2-1-3-6(7)8(14)15/h1-4H,5H2,(H,14,15)/p-1. The second kappa shape index (κ2) is 4.86. The van der Waals surface area contributed by atoms with E-state index in [0.717, 1.165) is 12.1 Å². The van der Waals surface area contributed by atoms with Crippen LogP contribution < -0.4 is 5.11 Å². The normalized spacial score (nSPS) is 11.0. The van der Waals surface area contributed by atoms with Crippen molar-refractivity contribution >= 4 is 11.9 Å². The maximum atomic E-state index is 11.8. The zero-order valence-corrected chi connectivity index (χ0v) is 8.28. The topological polar surface area (TPSA) is 66.4 Å². The Morgan fingerprint density at radius 2 is 1.71 bits per heavy atom. The molecule has 0 atom stereocenters. The number of hydrogen-bond donors (Lipinski definition) is 0. The summed E-state index contributed by atoms with van der Waals surface area (Å²) in [6.07, 6.45) is -4.66. The summed E-state index contributed by atoms with van der Waals surface area (Å²) < 4.78 is 39.3. The average Bonchev–Trinajstić information content (AvgIpc) is 2.25. The maximum Gasteiger partial charge on any atom is 0.422 e. The van der Waals surface area contributed by atoms with Crippen molar-refractivity contribution in [1.82, 2.24) is 0 Å². The minimum atomic E-state index is -4.66. The lowest BCUT2D eigenvalue weighted by Crippen LogP contribution is -2.26. The fourth-order valence-corrected chi connectivity index (χ4v) is 1.06. The van der Waals surface area contributed by atoms with Gasteiger partial charge in [0.15, 0.2) is 6.61 Å². The van der Waals surface area contributed by atoms with E-state index in [4.69, 9.17) is 0 Å². The molecular formula is C10H6F3O4-. The van der Waals surface area contributed by atoms with E-state index in [-0.39, 0.29) is 0 Å². The summed E-state index contributed by atoms with van der Waals surface area (Å²) in [7, 11) is 0. The van der Waals surface area contributed by atoms with Gasteiger partial charge in [0.25, 0.3) is 0 Å². The average molecular weight is 247 g/mol. The Labute approximate surface area is 93.6 Å². The van der Waals surface area contributed by atoms with Crippen LogP contribution in [-0.4, -0.2) is 24.7 Å². The third-order valence-electron chi connectivity index (χ3n) is 1.73. The largest absolute Gasteiger partial charge is 0.545 e. The summed E-state index contributed by atoms with van der Waals surface area (Å²) >= 11 is 0. The number of carbonyl (C=O) groups is 2. The van der Waals surface area contributed by atoms with Gasteiger partial charge in [0.2, 0.25) is 0 Å². The number of rotatable bonds is 3. The maximum absolute atomic E-state index is 11.8. The highest BCUT2D eigenvalue weighted by Gasteiger charge is 2.30. The van der Waals surface area contributed by atoms with Gasteiger partial charge in [-0.15, -0.1) is 0 Å². The molecule has 0 aliphatic rings. The monoisotopic (exact) mass is 247 g/mol. The predicted molar refractivity (Wildman–Crippen MR) is 47.1 cm³/mol. The lowest BCUT2D eigenvalue weighted by molar-refractivity contribution is -0.255. The van der Waals surface area contributed by atoms with Crippen LogP contribution in [0.5, 0.6) is 0 Å². The number of aromatic carboxylic acids is 1. The Bertz CT molecular complexity index is 439. The molecule has 4 nitrogen and oxygen atoms in total. The summed E-state index contributed by atoms with van der Waals surface area (Å²) in [5.74, 6) is -3.02. The van der Waals surface area contributed by atoms with Gasteiger partial charge in [-0.25, -0.2) is 4.79 Å². The molecule has 1 aromatic rings. The second-order valence-electron chi connectivity index (χ2n) is 3.02. The van der Waals surface area contributed by atoms with E-state index in [1.54, 1.807) is 0 Å². The first-order valence-electron chi connectivity index (χ1n) is 4.35. The van der Waals surface area contributed by atoms with Crippen LogP contribution in [0.1, 0.15) is 20.7 Å². The Kier molecular flexibility index (Phi) is 3.72. The number of alkyl halides is 3. The minimum Gasteiger partial charge on any atom is -0.545 e. The Hall–Kier alpha value is -2.05. The molecule has 7 heteroatoms. The molecule has 0 N–H and O–H groups in total. The molecule has 0 unspecified atom stereocenters. The molecule has 0 heterocycles. The summed E-state index contributed by atoms with van der Waals surface area (Å²) in [5.41, 5.74) is -0.989. The van der Waals surface area contributed by atoms with Crippen LogP contribution in [0.3, 0.4) is 0 Å². The van der Waals surface area contributed by atoms with E-state index in [1.807, 2.05) is 0 Å². The molecule has 0 saturated carbocycles. The highest BCUT2D eigenvalue weighted by Crippen LogP contribution is 2.16. The van der Waals surface area contributed by atoms with Crippen molar-refractivity contribution in [3.05, 3.63) is 35.4 Å². The molecule has 0 aliphatic heterocycles. The molecule has 0 fully saturated rings. The quantitative estimate of drug-likeness (QED) is 0.740. The van der Waals surface area contributed by atoms with Gasteiger partial charge in [-0.05, 0) is 6.07 Å². The number of carboxylic acid groups (broad SMARTS) is 1. The zero-order valence-electron chi connectivity index (χ0n) is 8.28. The van der Waals surface area contributed by atoms with E-state index in [0.29, 0.717) is 0 Å². The lowest BCUT2D eigenvalue weighted by Gasteiger charge is -2.11. The molecule has 0 radical (unpaired) electrons. The van der Waals surface area contributed by atoms with Gasteiger partial charge in [0.1, 0.15) is 0 Å². The van der Waals surface area contributed by atoms with Gasteiger partial charge in [-0.3, -0.25) is 0 Å². The van der Waals surface area contributed by atoms with Crippen molar-refractivity contribution in [3.63, 3.8) is 0 Å². The van der Waals surface area contributed by atoms with Crippen molar-refractivity contribution < 1.29 is 32.6 Å². The third kappa shape index (κ3) is 3.78. The van der Waals surface area contributed by atoms with Crippen molar-refractivity contribution in [3.8, 4) is 0 Å². The summed E-state index contributed by atoms with van der Waals surface area (Å²) in [6, 6.07) is 4.70. The first kappa shape index (κ1) is 13.0. The van der Waals surface area contributed by atoms with Crippen molar-refractivity contribution in [2.75, 3.05) is 6.61 Å². The minimum absolute atomic E-state index is 0.475. The van der Waals surface area contributed by atoms with Gasteiger partial charge < -0.3 is 14.6 Å². The van der Waals surface area contributed by atoms with E-state index in [9.17, 15) is 27.9 Å². The second-order valence-corrected chi connectivity index (χ2v) is 3.02. The first-order valence-corrected chi connectivity index (χ1v) is 4.35. The number of esters is 1. The van der Waals surface area contributed by atoms with Crippen LogP contribution in [0.15, 0.2) is 24.3 Å². The van der Waals surface area contributed by atoms with E-state index < -0.39 is 35.8 Å². The molecule has 0 amide bonds. The fraction of sp³-hybridized carbons (Fsp3) is 0.200. The van der Waals surface area contributed by atoms with Gasteiger partial charge in [0.05, 0.1) is 11.5 Å². The Morgan fingerprint density at radius 3 is 2.18 bits per heavy atom. The molecule has 0 bridgehead atoms. The third-order valence-corrected chi connectivity index (χ3v) is 1.73. The molecule has 0 aliphatic carbocycles. The highest BCUT2D eigenvalue weighted by molar-refractivity contribution is 6.01. The van der Waals surface area contributed by atoms with Gasteiger partial charge in [-0.1, -0.05) is 18.2 Å². The van der Waals surface area contributed by atoms with E-state index in [1.165, 1.54) is 12.1 Å². The van der Waals surface area contributed by atoms with E-state index >= 15 is 0 Å². The molecule has 1 aromatic carbocycles. The molecule has 92 valence electrons. The molecule has 0 aromatic heterocycles. The lowest BCUT2D eigenvalue weighted by atomic mass is 10.1. The summed E-state index contributed by atoms with van der Waals surface area (Å²) in [4.78, 5) is 21.8. The van der Waals surface area contributed by atoms with Gasteiger partial charge in [-0.2, -0.15) is 13.2 Å². The van der Waals surface area contributed by atoms with Crippen LogP contribution in [0, 0.1) is 0 Å². The van der Waals surface area contributed by atoms with E-state index in [2.05, 4.69) is 4.74 Å². The summed E-state index contributed by atoms with van der Waals surface area (Å²) in [5, 5.41) is 10.6. The smallest absolute Gasteiger partial charge is 0.422 e. The number of halogens is 3. The number of hydrogen-bond acceptors (Lipinski definition) is 4. The van der Waals surface area contributed by atoms with Gasteiger partial charge in [0, 0.05) is 5.56 Å².